The Labute approximate surface area is 366 Å². The van der Waals surface area contributed by atoms with Crippen molar-refractivity contribution in [2.45, 2.75) is 95.3 Å². The first kappa shape index (κ1) is 40.2. The number of ether oxygens (including phenoxy) is 1. The molecule has 0 bridgehead atoms. The monoisotopic (exact) mass is 870 g/mol. The predicted octanol–water partition coefficient (Wildman–Crippen LogP) is 7.33. The zero-order chi connectivity index (χ0) is 44.4. The molecule has 3 aromatic carbocycles. The van der Waals surface area contributed by atoms with Crippen LogP contribution in [0, 0.1) is 11.6 Å². The predicted molar refractivity (Wildman–Crippen MR) is 234 cm³/mol. The quantitative estimate of drug-likeness (QED) is 0.159. The zero-order valence-corrected chi connectivity index (χ0v) is 36.1. The van der Waals surface area contributed by atoms with E-state index in [4.69, 9.17) is 14.4 Å². The fraction of sp³-hybridized carbons (Fsp3) is 0.383. The van der Waals surface area contributed by atoms with Gasteiger partial charge in [0.2, 0.25) is 6.35 Å². The molecule has 3 aliphatic heterocycles. The third-order valence-electron chi connectivity index (χ3n) is 14.0. The second-order valence-electron chi connectivity index (χ2n) is 18.3. The van der Waals surface area contributed by atoms with Crippen LogP contribution in [0.15, 0.2) is 88.6 Å². The van der Waals surface area contributed by atoms with Gasteiger partial charge < -0.3 is 24.2 Å². The minimum absolute atomic E-state index is 0.155. The van der Waals surface area contributed by atoms with Crippen molar-refractivity contribution in [2.75, 3.05) is 23.0 Å². The number of H-pyrrole nitrogens is 1. The van der Waals surface area contributed by atoms with Crippen LogP contribution in [0.2, 0.25) is 0 Å². The van der Waals surface area contributed by atoms with E-state index in [0.717, 1.165) is 40.6 Å². The number of rotatable bonds is 8. The number of nitrogens with zero attached hydrogens (tertiary/aromatic N) is 9. The summed E-state index contributed by atoms with van der Waals surface area (Å²) in [5, 5.41) is 26.9. The number of aliphatic hydroxyl groups excluding tert-OH is 1. The lowest BCUT2D eigenvalue weighted by Crippen LogP contribution is -2.43. The molecule has 4 atom stereocenters. The fourth-order valence-corrected chi connectivity index (χ4v) is 10.4. The number of aliphatic hydroxyl groups is 1. The molecule has 64 heavy (non-hydrogen) atoms. The van der Waals surface area contributed by atoms with Crippen molar-refractivity contribution in [3.8, 4) is 0 Å². The van der Waals surface area contributed by atoms with E-state index in [1.165, 1.54) is 28.8 Å². The first-order valence-corrected chi connectivity index (χ1v) is 21.8. The van der Waals surface area contributed by atoms with Gasteiger partial charge in [-0.3, -0.25) is 23.9 Å². The van der Waals surface area contributed by atoms with Gasteiger partial charge in [0, 0.05) is 55.5 Å². The Kier molecular flexibility index (Phi) is 9.09. The Morgan fingerprint density at radius 1 is 1.02 bits per heavy atom. The summed E-state index contributed by atoms with van der Waals surface area (Å²) >= 11 is 0. The Balaban J connectivity index is 1.01. The number of anilines is 2. The maximum absolute atomic E-state index is 16.1. The van der Waals surface area contributed by atoms with E-state index in [2.05, 4.69) is 47.3 Å². The number of fused-ring (bicyclic) bond motifs is 3. The summed E-state index contributed by atoms with van der Waals surface area (Å²) in [5.41, 5.74) is 4.41. The van der Waals surface area contributed by atoms with E-state index in [-0.39, 0.29) is 28.9 Å². The van der Waals surface area contributed by atoms with E-state index in [0.29, 0.717) is 60.7 Å². The first-order valence-electron chi connectivity index (χ1n) is 21.8. The highest BCUT2D eigenvalue weighted by atomic mass is 19.1. The summed E-state index contributed by atoms with van der Waals surface area (Å²) in [7, 11) is 1.74. The molecular weight excluding hydrogens is 823 g/mol. The lowest BCUT2D eigenvalue weighted by Gasteiger charge is -2.36. The number of aromatic nitrogens is 7. The van der Waals surface area contributed by atoms with Crippen LogP contribution in [-0.4, -0.2) is 75.3 Å². The molecular formula is C47H48F2N10O5. The summed E-state index contributed by atoms with van der Waals surface area (Å²) < 4.78 is 46.8. The average Bonchev–Trinajstić information content (AvgIpc) is 3.73. The van der Waals surface area contributed by atoms with E-state index >= 15 is 9.18 Å². The summed E-state index contributed by atoms with van der Waals surface area (Å²) in [6.45, 7) is 9.13. The van der Waals surface area contributed by atoms with E-state index in [9.17, 15) is 14.3 Å². The number of carbonyl (C=O) groups is 1. The van der Waals surface area contributed by atoms with Crippen molar-refractivity contribution in [1.82, 2.24) is 39.2 Å². The maximum atomic E-state index is 16.1. The standard InChI is InChI=1S/C47H48F2N10O5/c1-26(28-6-9-32(48)10-7-28)59-41(57-20-19-56(45(57)62)37-13-12-36-33(40(37)49)25-50-54(36)5)39-27(2)55(18-14-34(39)52-59)42(60)38-23-31-22-29(30-15-21-63-46(3,4)24-30)8-11-35(31)58(38)47(16-17-47)43-51-44(61)64-53-43/h6-13,19-20,22-23,25-27,30,45,62H,14-18,21,24H2,1-5H3,(H,51,53,61)/t26-,27-,30+,45?/m0/s1. The summed E-state index contributed by atoms with van der Waals surface area (Å²) in [6, 6.07) is 16.9. The molecule has 0 radical (unpaired) electrons. The van der Waals surface area contributed by atoms with E-state index in [1.54, 1.807) is 58.0 Å². The molecule has 7 aromatic rings. The SMILES string of the molecule is C[C@H]1c2c(nn([C@@H](C)c3ccc(F)cc3)c2N2C=CN(c3ccc4c(cnn4C)c3F)C2O)CCN1C(=O)c1cc2cc([C@@H]3CCOC(C)(C)C3)ccc2n1C1(c2noc(=O)[nH]2)CC1. The van der Waals surface area contributed by atoms with Crippen molar-refractivity contribution < 1.29 is 27.9 Å². The van der Waals surface area contributed by atoms with Crippen LogP contribution in [0.25, 0.3) is 21.8 Å². The van der Waals surface area contributed by atoms with Gasteiger partial charge in [-0.2, -0.15) is 10.2 Å². The molecule has 17 heteroatoms. The highest BCUT2D eigenvalue weighted by molar-refractivity contribution is 6.00. The second-order valence-corrected chi connectivity index (χ2v) is 18.3. The minimum atomic E-state index is -1.40. The highest BCUT2D eigenvalue weighted by Gasteiger charge is 2.53. The molecule has 2 fully saturated rings. The number of hydrogen-bond acceptors (Lipinski definition) is 10. The number of carbonyl (C=O) groups excluding carboxylic acids is 1. The molecule has 1 amide bonds. The lowest BCUT2D eigenvalue weighted by molar-refractivity contribution is -0.0592. The van der Waals surface area contributed by atoms with Crippen molar-refractivity contribution >= 4 is 39.2 Å². The number of amides is 1. The molecule has 2 N–H and O–H groups in total. The molecule has 4 aromatic heterocycles. The summed E-state index contributed by atoms with van der Waals surface area (Å²) in [5.74, 6) is -0.631. The number of nitrogens with one attached hydrogen (secondary N) is 1. The molecule has 1 saturated carbocycles. The molecule has 11 rings (SSSR count). The Morgan fingerprint density at radius 2 is 1.78 bits per heavy atom. The van der Waals surface area contributed by atoms with Gasteiger partial charge in [-0.05, 0) is 113 Å². The van der Waals surface area contributed by atoms with Crippen LogP contribution < -0.4 is 15.6 Å². The smallest absolute Gasteiger partial charge is 0.376 e. The van der Waals surface area contributed by atoms with Crippen LogP contribution in [-0.2, 0) is 23.7 Å². The number of aryl methyl sites for hydroxylation is 1. The van der Waals surface area contributed by atoms with Crippen LogP contribution >= 0.6 is 0 Å². The van der Waals surface area contributed by atoms with Crippen LogP contribution in [0.5, 0.6) is 0 Å². The largest absolute Gasteiger partial charge is 0.438 e. The Hall–Kier alpha value is -6.59. The van der Waals surface area contributed by atoms with Crippen LogP contribution in [0.4, 0.5) is 20.3 Å². The lowest BCUT2D eigenvalue weighted by atomic mass is 9.83. The first-order chi connectivity index (χ1) is 30.7. The van der Waals surface area contributed by atoms with Gasteiger partial charge in [0.05, 0.1) is 46.2 Å². The normalized spacial score (nSPS) is 21.9. The second kappa shape index (κ2) is 14.5. The molecule has 0 spiro atoms. The van der Waals surface area contributed by atoms with E-state index in [1.807, 2.05) is 29.4 Å². The number of benzene rings is 3. The number of halogens is 2. The van der Waals surface area contributed by atoms with Crippen molar-refractivity contribution in [3.63, 3.8) is 0 Å². The number of aromatic amines is 1. The summed E-state index contributed by atoms with van der Waals surface area (Å²) in [6.07, 6.45) is 6.79. The highest BCUT2D eigenvalue weighted by Crippen LogP contribution is 2.52. The molecule has 1 aliphatic carbocycles. The fourth-order valence-electron chi connectivity index (χ4n) is 10.4. The topological polar surface area (TPSA) is 156 Å². The van der Waals surface area contributed by atoms with Crippen molar-refractivity contribution in [1.29, 1.82) is 0 Å². The van der Waals surface area contributed by atoms with Gasteiger partial charge in [-0.1, -0.05) is 23.4 Å². The van der Waals surface area contributed by atoms with Gasteiger partial charge >= 0.3 is 5.76 Å². The molecule has 15 nitrogen and oxygen atoms in total. The zero-order valence-electron chi connectivity index (χ0n) is 36.1. The molecule has 330 valence electrons. The third kappa shape index (κ3) is 6.22. The molecule has 7 heterocycles. The van der Waals surface area contributed by atoms with E-state index < -0.39 is 35.5 Å². The number of hydrogen-bond donors (Lipinski definition) is 2. The molecule has 1 saturated heterocycles. The van der Waals surface area contributed by atoms with Gasteiger partial charge in [-0.25, -0.2) is 18.3 Å². The molecule has 4 aliphatic rings. The van der Waals surface area contributed by atoms with Gasteiger partial charge in [0.1, 0.15) is 22.9 Å². The van der Waals surface area contributed by atoms with Gasteiger partial charge in [-0.15, -0.1) is 0 Å². The average molecular weight is 871 g/mol. The van der Waals surface area contributed by atoms with Crippen LogP contribution in [0.3, 0.4) is 0 Å². The van der Waals surface area contributed by atoms with Crippen molar-refractivity contribution in [3.05, 3.63) is 135 Å². The third-order valence-corrected chi connectivity index (χ3v) is 14.0. The van der Waals surface area contributed by atoms with Crippen molar-refractivity contribution in [2.24, 2.45) is 7.05 Å². The summed E-state index contributed by atoms with van der Waals surface area (Å²) in [4.78, 5) is 35.5. The molecule has 1 unspecified atom stereocenters. The Bertz CT molecular complexity index is 3080. The van der Waals surface area contributed by atoms with Gasteiger partial charge in [0.25, 0.3) is 5.91 Å². The van der Waals surface area contributed by atoms with Gasteiger partial charge in [0.15, 0.2) is 11.6 Å². The Morgan fingerprint density at radius 3 is 2.52 bits per heavy atom. The van der Waals surface area contributed by atoms with Crippen LogP contribution in [0.1, 0.15) is 110 Å². The minimum Gasteiger partial charge on any atom is -0.376 e. The maximum Gasteiger partial charge on any atom is 0.438 e.